The molecule has 0 bridgehead atoms. The Labute approximate surface area is 131 Å². The molecule has 108 valence electrons. The van der Waals surface area contributed by atoms with Crippen molar-refractivity contribution in [3.8, 4) is 5.75 Å². The monoisotopic (exact) mass is 336 g/mol. The maximum absolute atomic E-state index is 11.7. The van der Waals surface area contributed by atoms with E-state index in [1.165, 1.54) is 25.1 Å². The molecule has 0 spiro atoms. The Hall–Kier alpha value is -1.23. The van der Waals surface area contributed by atoms with Crippen LogP contribution in [0.1, 0.15) is 6.92 Å². The molecule has 0 aliphatic carbocycles. The van der Waals surface area contributed by atoms with Crippen LogP contribution in [0.15, 0.2) is 30.4 Å². The first-order chi connectivity index (χ1) is 9.31. The molecular formula is C13H11Cl3O4. The second-order valence-electron chi connectivity index (χ2n) is 3.84. The molecule has 0 saturated carbocycles. The number of carbonyl (C=O) groups is 2. The Balaban J connectivity index is 2.57. The molecule has 0 radical (unpaired) electrons. The van der Waals surface area contributed by atoms with Gasteiger partial charge < -0.3 is 9.47 Å². The molecule has 1 rings (SSSR count). The van der Waals surface area contributed by atoms with E-state index in [1.54, 1.807) is 0 Å². The highest BCUT2D eigenvalue weighted by Crippen LogP contribution is 2.28. The fourth-order valence-corrected chi connectivity index (χ4v) is 1.62. The third-order valence-corrected chi connectivity index (χ3v) is 2.90. The molecule has 0 aliphatic rings. The topological polar surface area (TPSA) is 52.6 Å². The second kappa shape index (κ2) is 7.53. The van der Waals surface area contributed by atoms with E-state index in [9.17, 15) is 9.59 Å². The molecule has 20 heavy (non-hydrogen) atoms. The van der Waals surface area contributed by atoms with Gasteiger partial charge in [0.2, 0.25) is 0 Å². The molecule has 1 atom stereocenters. The van der Waals surface area contributed by atoms with Crippen LogP contribution in [0.5, 0.6) is 5.75 Å². The summed E-state index contributed by atoms with van der Waals surface area (Å²) in [6.45, 7) is 4.56. The van der Waals surface area contributed by atoms with E-state index < -0.39 is 17.3 Å². The third kappa shape index (κ3) is 5.04. The number of esters is 2. The predicted molar refractivity (Wildman–Crippen MR) is 77.5 cm³/mol. The quantitative estimate of drug-likeness (QED) is 0.356. The zero-order valence-electron chi connectivity index (χ0n) is 10.5. The Morgan fingerprint density at radius 3 is 2.55 bits per heavy atom. The lowest BCUT2D eigenvalue weighted by Crippen LogP contribution is -2.27. The van der Waals surface area contributed by atoms with Gasteiger partial charge in [0, 0.05) is 10.6 Å². The summed E-state index contributed by atoms with van der Waals surface area (Å²) >= 11 is 17.3. The van der Waals surface area contributed by atoms with Crippen molar-refractivity contribution < 1.29 is 19.1 Å². The number of hydrogen-bond donors (Lipinski definition) is 0. The van der Waals surface area contributed by atoms with Crippen LogP contribution in [0.25, 0.3) is 0 Å². The van der Waals surface area contributed by atoms with Crippen LogP contribution in [0.3, 0.4) is 0 Å². The lowest BCUT2D eigenvalue weighted by Gasteiger charge is -2.11. The van der Waals surface area contributed by atoms with Gasteiger partial charge in [-0.15, -0.1) is 11.6 Å². The molecule has 7 heteroatoms. The van der Waals surface area contributed by atoms with Crippen molar-refractivity contribution in [2.24, 2.45) is 0 Å². The van der Waals surface area contributed by atoms with Crippen LogP contribution in [0.2, 0.25) is 10.0 Å². The van der Waals surface area contributed by atoms with Gasteiger partial charge in [0.25, 0.3) is 0 Å². The molecule has 0 fully saturated rings. The third-order valence-electron chi connectivity index (χ3n) is 2.07. The van der Waals surface area contributed by atoms with Gasteiger partial charge in [-0.1, -0.05) is 29.8 Å². The molecule has 0 N–H and O–H groups in total. The van der Waals surface area contributed by atoms with Crippen molar-refractivity contribution in [3.05, 3.63) is 40.4 Å². The molecule has 0 heterocycles. The molecule has 0 aromatic heterocycles. The maximum atomic E-state index is 11.7. The summed E-state index contributed by atoms with van der Waals surface area (Å²) in [5, 5.41) is -0.564. The second-order valence-corrected chi connectivity index (χ2v) is 5.21. The summed E-state index contributed by atoms with van der Waals surface area (Å²) in [6.07, 6.45) is 0. The number of ether oxygens (including phenoxy) is 2. The summed E-state index contributed by atoms with van der Waals surface area (Å²) in [6, 6.07) is 4.38. The number of benzene rings is 1. The van der Waals surface area contributed by atoms with Crippen molar-refractivity contribution in [2.75, 3.05) is 6.61 Å². The minimum atomic E-state index is -1.15. The van der Waals surface area contributed by atoms with Crippen LogP contribution in [-0.4, -0.2) is 23.9 Å². The van der Waals surface area contributed by atoms with Gasteiger partial charge in [-0.2, -0.15) is 0 Å². The van der Waals surface area contributed by atoms with E-state index >= 15 is 0 Å². The lowest BCUT2D eigenvalue weighted by atomic mass is 10.3. The number of rotatable bonds is 5. The summed E-state index contributed by atoms with van der Waals surface area (Å²) in [5.74, 6) is -1.30. The molecule has 0 saturated heterocycles. The van der Waals surface area contributed by atoms with Crippen molar-refractivity contribution in [1.29, 1.82) is 0 Å². The van der Waals surface area contributed by atoms with E-state index in [2.05, 4.69) is 6.58 Å². The Morgan fingerprint density at radius 1 is 1.35 bits per heavy atom. The average Bonchev–Trinajstić information content (AvgIpc) is 2.38. The molecule has 0 amide bonds. The first-order valence-electron chi connectivity index (χ1n) is 5.44. The average molecular weight is 338 g/mol. The number of alkyl halides is 1. The standard InChI is InChI=1S/C13H11Cl3O4/c1-7(2)12(17)19-6-10(16)13(18)20-11-4-3-8(14)5-9(11)15/h3-5,10H,1,6H2,2H3. The van der Waals surface area contributed by atoms with Gasteiger partial charge in [0.1, 0.15) is 12.4 Å². The van der Waals surface area contributed by atoms with Crippen LogP contribution in [0.4, 0.5) is 0 Å². The summed E-state index contributed by atoms with van der Waals surface area (Å²) in [4.78, 5) is 22.8. The van der Waals surface area contributed by atoms with Crippen LogP contribution in [-0.2, 0) is 14.3 Å². The van der Waals surface area contributed by atoms with E-state index in [1.807, 2.05) is 0 Å². The normalized spacial score (nSPS) is 11.6. The van der Waals surface area contributed by atoms with Crippen LogP contribution >= 0.6 is 34.8 Å². The fourth-order valence-electron chi connectivity index (χ4n) is 1.07. The first kappa shape index (κ1) is 16.8. The highest BCUT2D eigenvalue weighted by atomic mass is 35.5. The van der Waals surface area contributed by atoms with Gasteiger partial charge in [-0.25, -0.2) is 9.59 Å². The zero-order chi connectivity index (χ0) is 15.3. The Bertz CT molecular complexity index is 542. The van der Waals surface area contributed by atoms with Gasteiger partial charge in [-0.05, 0) is 25.1 Å². The van der Waals surface area contributed by atoms with Gasteiger partial charge in [-0.3, -0.25) is 0 Å². The number of halogens is 3. The molecular weight excluding hydrogens is 326 g/mol. The van der Waals surface area contributed by atoms with Crippen molar-refractivity contribution in [1.82, 2.24) is 0 Å². The highest BCUT2D eigenvalue weighted by molar-refractivity contribution is 6.35. The fraction of sp³-hybridized carbons (Fsp3) is 0.231. The lowest BCUT2D eigenvalue weighted by molar-refractivity contribution is -0.141. The highest BCUT2D eigenvalue weighted by Gasteiger charge is 2.21. The predicted octanol–water partition coefficient (Wildman–Crippen LogP) is 3.63. The summed E-state index contributed by atoms with van der Waals surface area (Å²) < 4.78 is 9.73. The largest absolute Gasteiger partial charge is 0.460 e. The smallest absolute Gasteiger partial charge is 0.333 e. The Morgan fingerprint density at radius 2 is 2.00 bits per heavy atom. The van der Waals surface area contributed by atoms with Crippen molar-refractivity contribution >= 4 is 46.7 Å². The molecule has 1 aromatic rings. The van der Waals surface area contributed by atoms with Crippen LogP contribution in [0, 0.1) is 0 Å². The van der Waals surface area contributed by atoms with Crippen LogP contribution < -0.4 is 4.74 Å². The number of hydrogen-bond acceptors (Lipinski definition) is 4. The van der Waals surface area contributed by atoms with E-state index in [0.717, 1.165) is 0 Å². The number of carbonyl (C=O) groups excluding carboxylic acids is 2. The summed E-state index contributed by atoms with van der Waals surface area (Å²) in [7, 11) is 0. The van der Waals surface area contributed by atoms with E-state index in [-0.39, 0.29) is 23.0 Å². The van der Waals surface area contributed by atoms with Crippen molar-refractivity contribution in [2.45, 2.75) is 12.3 Å². The molecule has 4 nitrogen and oxygen atoms in total. The minimum absolute atomic E-state index is 0.123. The maximum Gasteiger partial charge on any atom is 0.333 e. The molecule has 1 aromatic carbocycles. The van der Waals surface area contributed by atoms with Gasteiger partial charge in [0.15, 0.2) is 5.38 Å². The SMILES string of the molecule is C=C(C)C(=O)OCC(Cl)C(=O)Oc1ccc(Cl)cc1Cl. The Kier molecular flexibility index (Phi) is 6.33. The van der Waals surface area contributed by atoms with E-state index in [0.29, 0.717) is 5.02 Å². The van der Waals surface area contributed by atoms with Gasteiger partial charge >= 0.3 is 11.9 Å². The van der Waals surface area contributed by atoms with E-state index in [4.69, 9.17) is 44.3 Å². The molecule has 0 aliphatic heterocycles. The minimum Gasteiger partial charge on any atom is -0.460 e. The molecule has 1 unspecified atom stereocenters. The zero-order valence-corrected chi connectivity index (χ0v) is 12.8. The first-order valence-corrected chi connectivity index (χ1v) is 6.64. The van der Waals surface area contributed by atoms with Gasteiger partial charge in [0.05, 0.1) is 5.02 Å². The van der Waals surface area contributed by atoms with Crippen molar-refractivity contribution in [3.63, 3.8) is 0 Å². The summed E-state index contributed by atoms with van der Waals surface area (Å²) in [5.41, 5.74) is 0.211.